The molecule has 1 fully saturated rings. The quantitative estimate of drug-likeness (QED) is 0.672. The Bertz CT molecular complexity index is 322. The fourth-order valence-electron chi connectivity index (χ4n) is 1.53. The predicted octanol–water partition coefficient (Wildman–Crippen LogP) is 0.907. The smallest absolute Gasteiger partial charge is 0.409 e. The molecule has 0 spiro atoms. The summed E-state index contributed by atoms with van der Waals surface area (Å²) in [7, 11) is -4.47. The average Bonchev–Trinajstić information content (AvgIpc) is 2.17. The molecule has 0 aromatic carbocycles. The minimum absolute atomic E-state index is 0.137. The lowest BCUT2D eigenvalue weighted by atomic mass is 10.1. The molecule has 0 aromatic rings. The van der Waals surface area contributed by atoms with E-state index in [4.69, 9.17) is 4.74 Å². The molecule has 1 aliphatic heterocycles. The Morgan fingerprint density at radius 3 is 2.40 bits per heavy atom. The van der Waals surface area contributed by atoms with Crippen LogP contribution in [0.3, 0.4) is 0 Å². The van der Waals surface area contributed by atoms with Crippen LogP contribution in [-0.2, 0) is 15.0 Å². The van der Waals surface area contributed by atoms with Gasteiger partial charge in [-0.15, -0.1) is 3.89 Å². The molecule has 1 aliphatic rings. The summed E-state index contributed by atoms with van der Waals surface area (Å²) >= 11 is 0. The van der Waals surface area contributed by atoms with Gasteiger partial charge in [0, 0.05) is 13.1 Å². The summed E-state index contributed by atoms with van der Waals surface area (Å²) < 4.78 is 38.5. The Balaban J connectivity index is 2.46. The van der Waals surface area contributed by atoms with Crippen LogP contribution in [0.1, 0.15) is 19.8 Å². The van der Waals surface area contributed by atoms with Crippen molar-refractivity contribution >= 4 is 16.3 Å². The van der Waals surface area contributed by atoms with Gasteiger partial charge < -0.3 is 9.64 Å². The molecule has 1 heterocycles. The van der Waals surface area contributed by atoms with Crippen molar-refractivity contribution in [2.45, 2.75) is 25.0 Å². The molecule has 0 unspecified atom stereocenters. The maximum absolute atomic E-state index is 12.6. The van der Waals surface area contributed by atoms with Gasteiger partial charge in [-0.05, 0) is 19.8 Å². The molecule has 0 N–H and O–H groups in total. The topological polar surface area (TPSA) is 63.7 Å². The molecule has 0 atom stereocenters. The molecular weight excluding hydrogens is 225 g/mol. The number of likely N-dealkylation sites (tertiary alicyclic amines) is 1. The van der Waals surface area contributed by atoms with E-state index in [-0.39, 0.29) is 32.5 Å². The van der Waals surface area contributed by atoms with Gasteiger partial charge in [-0.2, -0.15) is 8.42 Å². The number of hydrogen-bond donors (Lipinski definition) is 0. The lowest BCUT2D eigenvalue weighted by molar-refractivity contribution is 0.0998. The van der Waals surface area contributed by atoms with E-state index in [9.17, 15) is 17.1 Å². The summed E-state index contributed by atoms with van der Waals surface area (Å²) in [5.74, 6) is 0. The molecule has 1 rings (SSSR count). The Kier molecular flexibility index (Phi) is 3.90. The van der Waals surface area contributed by atoms with Gasteiger partial charge in [-0.3, -0.25) is 0 Å². The number of halogens is 1. The lowest BCUT2D eigenvalue weighted by Crippen LogP contribution is -2.42. The van der Waals surface area contributed by atoms with Crippen LogP contribution in [0.15, 0.2) is 0 Å². The van der Waals surface area contributed by atoms with Gasteiger partial charge in [0.05, 0.1) is 11.9 Å². The maximum Gasteiger partial charge on any atom is 0.409 e. The van der Waals surface area contributed by atoms with Crippen molar-refractivity contribution in [1.82, 2.24) is 4.90 Å². The van der Waals surface area contributed by atoms with Crippen LogP contribution in [0.5, 0.6) is 0 Å². The highest BCUT2D eigenvalue weighted by molar-refractivity contribution is 7.87. The van der Waals surface area contributed by atoms with E-state index in [0.717, 1.165) is 0 Å². The Morgan fingerprint density at radius 2 is 2.00 bits per heavy atom. The van der Waals surface area contributed by atoms with Crippen molar-refractivity contribution in [1.29, 1.82) is 0 Å². The zero-order valence-electron chi connectivity index (χ0n) is 8.48. The first kappa shape index (κ1) is 12.2. The van der Waals surface area contributed by atoms with Crippen LogP contribution in [0.4, 0.5) is 8.68 Å². The molecular formula is C8H14FNO4S. The number of hydrogen-bond acceptors (Lipinski definition) is 4. The van der Waals surface area contributed by atoms with Gasteiger partial charge in [0.15, 0.2) is 0 Å². The Hall–Kier alpha value is -0.850. The summed E-state index contributed by atoms with van der Waals surface area (Å²) in [6.07, 6.45) is -0.192. The van der Waals surface area contributed by atoms with E-state index in [2.05, 4.69) is 0 Å². The van der Waals surface area contributed by atoms with Crippen LogP contribution in [0, 0.1) is 0 Å². The number of rotatable bonds is 2. The average molecular weight is 239 g/mol. The molecule has 15 heavy (non-hydrogen) atoms. The van der Waals surface area contributed by atoms with Gasteiger partial charge in [-0.1, -0.05) is 0 Å². The summed E-state index contributed by atoms with van der Waals surface area (Å²) in [5, 5.41) is -0.969. The van der Waals surface area contributed by atoms with Crippen molar-refractivity contribution < 1.29 is 21.8 Å². The van der Waals surface area contributed by atoms with E-state index in [1.807, 2.05) is 0 Å². The van der Waals surface area contributed by atoms with Gasteiger partial charge in [0.2, 0.25) is 0 Å². The third kappa shape index (κ3) is 3.33. The summed E-state index contributed by atoms with van der Waals surface area (Å²) in [5.41, 5.74) is 0. The van der Waals surface area contributed by atoms with Gasteiger partial charge in [0.1, 0.15) is 0 Å². The lowest BCUT2D eigenvalue weighted by Gasteiger charge is -2.29. The number of carbonyl (C=O) groups is 1. The van der Waals surface area contributed by atoms with Crippen LogP contribution >= 0.6 is 0 Å². The first-order valence-electron chi connectivity index (χ1n) is 4.80. The van der Waals surface area contributed by atoms with Crippen molar-refractivity contribution in [3.05, 3.63) is 0 Å². The van der Waals surface area contributed by atoms with E-state index in [1.165, 1.54) is 4.90 Å². The second-order valence-corrected chi connectivity index (χ2v) is 4.98. The highest BCUT2D eigenvalue weighted by atomic mass is 32.3. The molecule has 5 nitrogen and oxygen atoms in total. The Labute approximate surface area is 88.4 Å². The molecule has 0 bridgehead atoms. The number of amides is 1. The molecule has 0 radical (unpaired) electrons. The third-order valence-corrected chi connectivity index (χ3v) is 3.63. The van der Waals surface area contributed by atoms with Crippen LogP contribution < -0.4 is 0 Å². The fraction of sp³-hybridized carbons (Fsp3) is 0.875. The normalized spacial score (nSPS) is 18.9. The summed E-state index contributed by atoms with van der Waals surface area (Å²) in [6, 6.07) is 0. The summed E-state index contributed by atoms with van der Waals surface area (Å²) in [4.78, 5) is 12.6. The van der Waals surface area contributed by atoms with Gasteiger partial charge in [0.25, 0.3) is 0 Å². The highest BCUT2D eigenvalue weighted by Crippen LogP contribution is 2.19. The minimum Gasteiger partial charge on any atom is -0.450 e. The largest absolute Gasteiger partial charge is 0.450 e. The van der Waals surface area contributed by atoms with Crippen molar-refractivity contribution in [3.63, 3.8) is 0 Å². The predicted molar refractivity (Wildman–Crippen MR) is 51.6 cm³/mol. The van der Waals surface area contributed by atoms with Crippen molar-refractivity contribution in [2.24, 2.45) is 0 Å². The van der Waals surface area contributed by atoms with E-state index >= 15 is 0 Å². The number of piperidine rings is 1. The monoisotopic (exact) mass is 239 g/mol. The zero-order chi connectivity index (χ0) is 11.5. The van der Waals surface area contributed by atoms with Crippen LogP contribution in [0.2, 0.25) is 0 Å². The molecule has 0 aliphatic carbocycles. The van der Waals surface area contributed by atoms with E-state index in [0.29, 0.717) is 0 Å². The van der Waals surface area contributed by atoms with Crippen LogP contribution in [-0.4, -0.2) is 44.4 Å². The minimum atomic E-state index is -4.47. The van der Waals surface area contributed by atoms with E-state index < -0.39 is 21.6 Å². The Morgan fingerprint density at radius 1 is 1.47 bits per heavy atom. The second kappa shape index (κ2) is 4.78. The maximum atomic E-state index is 12.6. The van der Waals surface area contributed by atoms with Crippen molar-refractivity contribution in [3.8, 4) is 0 Å². The highest BCUT2D eigenvalue weighted by Gasteiger charge is 2.31. The molecule has 88 valence electrons. The number of carbonyl (C=O) groups excluding carboxylic acids is 1. The molecule has 1 amide bonds. The molecule has 7 heteroatoms. The summed E-state index contributed by atoms with van der Waals surface area (Å²) in [6.45, 7) is 2.43. The zero-order valence-corrected chi connectivity index (χ0v) is 9.30. The first-order valence-corrected chi connectivity index (χ1v) is 6.25. The standard InChI is InChI=1S/C8H14FNO4S/c1-2-14-8(11)10-5-3-7(4-6-10)15(9,12)13/h7H,2-6H2,1H3. The first-order chi connectivity index (χ1) is 6.95. The van der Waals surface area contributed by atoms with Gasteiger partial charge in [-0.25, -0.2) is 4.79 Å². The third-order valence-electron chi connectivity index (χ3n) is 2.37. The molecule has 1 saturated heterocycles. The van der Waals surface area contributed by atoms with Gasteiger partial charge >= 0.3 is 16.3 Å². The van der Waals surface area contributed by atoms with E-state index in [1.54, 1.807) is 6.92 Å². The fourth-order valence-corrected chi connectivity index (χ4v) is 2.31. The van der Waals surface area contributed by atoms with Crippen molar-refractivity contribution in [2.75, 3.05) is 19.7 Å². The molecule has 0 aromatic heterocycles. The SMILES string of the molecule is CCOC(=O)N1CCC(S(=O)(=O)F)CC1. The van der Waals surface area contributed by atoms with Crippen LogP contribution in [0.25, 0.3) is 0 Å². The second-order valence-electron chi connectivity index (χ2n) is 3.36. The number of nitrogens with zero attached hydrogens (tertiary/aromatic N) is 1. The number of ether oxygens (including phenoxy) is 1. The molecule has 0 saturated carbocycles.